The zero-order valence-corrected chi connectivity index (χ0v) is 15.3. The Labute approximate surface area is 164 Å². The predicted molar refractivity (Wildman–Crippen MR) is 104 cm³/mol. The van der Waals surface area contributed by atoms with Gasteiger partial charge in [-0.1, -0.05) is 41.4 Å². The zero-order valence-electron chi connectivity index (χ0n) is 13.8. The number of furan rings is 1. The monoisotopic (exact) mass is 398 g/mol. The van der Waals surface area contributed by atoms with Crippen LogP contribution in [0.25, 0.3) is 17.4 Å². The molecule has 2 amide bonds. The number of hydrazine groups is 1. The first-order chi connectivity index (χ1) is 13.0. The van der Waals surface area contributed by atoms with Crippen molar-refractivity contribution in [2.45, 2.75) is 0 Å². The van der Waals surface area contributed by atoms with Gasteiger partial charge in [-0.25, -0.2) is 5.01 Å². The highest BCUT2D eigenvalue weighted by molar-refractivity contribution is 6.35. The Morgan fingerprint density at radius 1 is 0.963 bits per heavy atom. The Morgan fingerprint density at radius 2 is 1.74 bits per heavy atom. The van der Waals surface area contributed by atoms with Crippen LogP contribution < -0.4 is 10.4 Å². The number of benzene rings is 2. The van der Waals surface area contributed by atoms with Gasteiger partial charge in [-0.15, -0.1) is 0 Å². The number of halogens is 2. The van der Waals surface area contributed by atoms with Gasteiger partial charge in [0.25, 0.3) is 11.8 Å². The summed E-state index contributed by atoms with van der Waals surface area (Å²) in [5, 5.41) is 2.21. The largest absolute Gasteiger partial charge is 0.457 e. The van der Waals surface area contributed by atoms with Crippen molar-refractivity contribution in [3.05, 3.63) is 82.0 Å². The Balaban J connectivity index is 1.64. The molecule has 134 valence electrons. The first-order valence-corrected chi connectivity index (χ1v) is 8.76. The van der Waals surface area contributed by atoms with Crippen molar-refractivity contribution in [2.24, 2.45) is 0 Å². The zero-order chi connectivity index (χ0) is 19.0. The standard InChI is InChI=1S/C20H12Cl2N2O3/c21-12-6-8-17(22)15(10-12)18-9-7-14(27-18)11-16-19(25)23-24(20(16)26)13-4-2-1-3-5-13/h1-11H,(H,23,25)/b16-11+. The second-order valence-corrected chi connectivity index (χ2v) is 6.64. The van der Waals surface area contributed by atoms with E-state index >= 15 is 0 Å². The molecule has 27 heavy (non-hydrogen) atoms. The summed E-state index contributed by atoms with van der Waals surface area (Å²) >= 11 is 12.2. The number of nitrogens with zero attached hydrogens (tertiary/aromatic N) is 1. The van der Waals surface area contributed by atoms with E-state index < -0.39 is 11.8 Å². The molecule has 0 radical (unpaired) electrons. The Bertz CT molecular complexity index is 1070. The number of carbonyl (C=O) groups excluding carboxylic acids is 2. The lowest BCUT2D eigenvalue weighted by Gasteiger charge is -2.13. The summed E-state index contributed by atoms with van der Waals surface area (Å²) in [6.07, 6.45) is 1.41. The molecule has 3 aromatic rings. The van der Waals surface area contributed by atoms with Crippen LogP contribution in [0.2, 0.25) is 10.0 Å². The molecule has 1 fully saturated rings. The summed E-state index contributed by atoms with van der Waals surface area (Å²) in [5.74, 6) is -0.109. The summed E-state index contributed by atoms with van der Waals surface area (Å²) in [7, 11) is 0. The van der Waals surface area contributed by atoms with Gasteiger partial charge in [-0.05, 0) is 48.5 Å². The van der Waals surface area contributed by atoms with Crippen molar-refractivity contribution >= 4 is 46.8 Å². The fourth-order valence-electron chi connectivity index (χ4n) is 2.72. The highest BCUT2D eigenvalue weighted by atomic mass is 35.5. The maximum Gasteiger partial charge on any atom is 0.282 e. The highest BCUT2D eigenvalue weighted by Crippen LogP contribution is 2.32. The lowest BCUT2D eigenvalue weighted by molar-refractivity contribution is -0.117. The molecule has 0 bridgehead atoms. The number of hydrogen-bond acceptors (Lipinski definition) is 3. The summed E-state index contributed by atoms with van der Waals surface area (Å²) in [5.41, 5.74) is 3.73. The van der Waals surface area contributed by atoms with E-state index in [-0.39, 0.29) is 5.57 Å². The second-order valence-electron chi connectivity index (χ2n) is 5.80. The molecule has 5 nitrogen and oxygen atoms in total. The third kappa shape index (κ3) is 3.35. The smallest absolute Gasteiger partial charge is 0.282 e. The average Bonchev–Trinajstić information content (AvgIpc) is 3.24. The molecule has 1 saturated heterocycles. The summed E-state index contributed by atoms with van der Waals surface area (Å²) < 4.78 is 5.73. The number of para-hydroxylation sites is 1. The molecular formula is C20H12Cl2N2O3. The molecule has 1 aliphatic heterocycles. The minimum absolute atomic E-state index is 0.0167. The van der Waals surface area contributed by atoms with Crippen LogP contribution in [0.1, 0.15) is 5.76 Å². The van der Waals surface area contributed by atoms with Crippen molar-refractivity contribution in [1.29, 1.82) is 0 Å². The Hall–Kier alpha value is -3.02. The third-order valence-electron chi connectivity index (χ3n) is 4.01. The number of hydrogen-bond donors (Lipinski definition) is 1. The first-order valence-electron chi connectivity index (χ1n) is 8.00. The van der Waals surface area contributed by atoms with Crippen molar-refractivity contribution in [3.8, 4) is 11.3 Å². The van der Waals surface area contributed by atoms with Crippen LogP contribution in [0.4, 0.5) is 5.69 Å². The van der Waals surface area contributed by atoms with Gasteiger partial charge in [0.05, 0.1) is 10.7 Å². The Morgan fingerprint density at radius 3 is 2.52 bits per heavy atom. The second kappa shape index (κ2) is 6.95. The summed E-state index contributed by atoms with van der Waals surface area (Å²) in [6.45, 7) is 0. The van der Waals surface area contributed by atoms with Crippen molar-refractivity contribution in [2.75, 3.05) is 5.01 Å². The maximum atomic E-state index is 12.6. The van der Waals surface area contributed by atoms with Gasteiger partial charge in [0.2, 0.25) is 0 Å². The van der Waals surface area contributed by atoms with Gasteiger partial charge in [-0.3, -0.25) is 15.0 Å². The van der Waals surface area contributed by atoms with Gasteiger partial charge in [0, 0.05) is 10.6 Å². The van der Waals surface area contributed by atoms with Crippen LogP contribution in [0.3, 0.4) is 0 Å². The van der Waals surface area contributed by atoms with E-state index in [0.717, 1.165) is 0 Å². The maximum absolute atomic E-state index is 12.6. The number of nitrogens with one attached hydrogen (secondary N) is 1. The quantitative estimate of drug-likeness (QED) is 0.512. The molecule has 1 aromatic heterocycles. The molecule has 0 aliphatic carbocycles. The summed E-state index contributed by atoms with van der Waals surface area (Å²) in [4.78, 5) is 24.8. The molecule has 0 unspecified atom stereocenters. The minimum Gasteiger partial charge on any atom is -0.457 e. The van der Waals surface area contributed by atoms with Crippen LogP contribution in [0.5, 0.6) is 0 Å². The highest BCUT2D eigenvalue weighted by Gasteiger charge is 2.34. The molecule has 1 N–H and O–H groups in total. The molecule has 0 atom stereocenters. The van der Waals surface area contributed by atoms with Crippen LogP contribution in [0.15, 0.2) is 70.7 Å². The molecule has 2 aromatic carbocycles. The van der Waals surface area contributed by atoms with Crippen LogP contribution in [-0.4, -0.2) is 11.8 Å². The van der Waals surface area contributed by atoms with Crippen LogP contribution in [0, 0.1) is 0 Å². The first kappa shape index (κ1) is 17.4. The van der Waals surface area contributed by atoms with Crippen LogP contribution >= 0.6 is 23.2 Å². The number of anilines is 1. The molecule has 7 heteroatoms. The number of carbonyl (C=O) groups is 2. The van der Waals surface area contributed by atoms with Gasteiger partial charge >= 0.3 is 0 Å². The van der Waals surface area contributed by atoms with E-state index in [9.17, 15) is 9.59 Å². The Kier molecular flexibility index (Phi) is 4.48. The molecule has 0 spiro atoms. The molecule has 1 aliphatic rings. The van der Waals surface area contributed by atoms with E-state index in [0.29, 0.717) is 32.8 Å². The van der Waals surface area contributed by atoms with Gasteiger partial charge < -0.3 is 4.42 Å². The number of amides is 2. The minimum atomic E-state index is -0.498. The van der Waals surface area contributed by atoms with Crippen molar-refractivity contribution in [1.82, 2.24) is 5.43 Å². The summed E-state index contributed by atoms with van der Waals surface area (Å²) in [6, 6.07) is 17.2. The fraction of sp³-hybridized carbons (Fsp3) is 0. The fourth-order valence-corrected chi connectivity index (χ4v) is 3.10. The van der Waals surface area contributed by atoms with E-state index in [2.05, 4.69) is 5.43 Å². The van der Waals surface area contributed by atoms with E-state index in [1.165, 1.54) is 11.1 Å². The molecule has 2 heterocycles. The van der Waals surface area contributed by atoms with Crippen molar-refractivity contribution in [3.63, 3.8) is 0 Å². The van der Waals surface area contributed by atoms with Crippen molar-refractivity contribution < 1.29 is 14.0 Å². The normalized spacial score (nSPS) is 15.5. The lowest BCUT2D eigenvalue weighted by atomic mass is 10.2. The average molecular weight is 399 g/mol. The van der Waals surface area contributed by atoms with E-state index in [1.54, 1.807) is 54.6 Å². The van der Waals surface area contributed by atoms with Crippen LogP contribution in [-0.2, 0) is 9.59 Å². The third-order valence-corrected chi connectivity index (χ3v) is 4.58. The molecule has 0 saturated carbocycles. The SMILES string of the molecule is O=C1NN(c2ccccc2)C(=O)/C1=C/c1ccc(-c2cc(Cl)ccc2Cl)o1. The molecular weight excluding hydrogens is 387 g/mol. The van der Waals surface area contributed by atoms with Gasteiger partial charge in [0.15, 0.2) is 0 Å². The van der Waals surface area contributed by atoms with E-state index in [4.69, 9.17) is 27.6 Å². The van der Waals surface area contributed by atoms with E-state index in [1.807, 2.05) is 6.07 Å². The number of rotatable bonds is 3. The van der Waals surface area contributed by atoms with Gasteiger partial charge in [-0.2, -0.15) is 0 Å². The lowest BCUT2D eigenvalue weighted by Crippen LogP contribution is -2.35. The predicted octanol–water partition coefficient (Wildman–Crippen LogP) is 4.71. The van der Waals surface area contributed by atoms with Gasteiger partial charge in [0.1, 0.15) is 17.1 Å². The molecule has 4 rings (SSSR count). The topological polar surface area (TPSA) is 62.6 Å².